The predicted molar refractivity (Wildman–Crippen MR) is 103 cm³/mol. The molecule has 1 heterocycles. The van der Waals surface area contributed by atoms with Gasteiger partial charge in [-0.3, -0.25) is 9.59 Å². The maximum Gasteiger partial charge on any atom is 0.228 e. The fraction of sp³-hybridized carbons (Fsp3) is 0.333. The number of anilines is 2. The molecule has 136 valence electrons. The highest BCUT2D eigenvalue weighted by Crippen LogP contribution is 2.28. The zero-order valence-electron chi connectivity index (χ0n) is 15.5. The second-order valence-electron chi connectivity index (χ2n) is 6.68. The summed E-state index contributed by atoms with van der Waals surface area (Å²) < 4.78 is 5.25. The smallest absolute Gasteiger partial charge is 0.228 e. The van der Waals surface area contributed by atoms with Crippen LogP contribution in [0.15, 0.2) is 36.4 Å². The zero-order chi connectivity index (χ0) is 18.7. The normalized spacial score (nSPS) is 13.8. The Labute approximate surface area is 154 Å². The molecule has 1 aliphatic rings. The van der Waals surface area contributed by atoms with Crippen molar-refractivity contribution in [3.8, 4) is 5.75 Å². The minimum absolute atomic E-state index is 0.0860. The van der Waals surface area contributed by atoms with Gasteiger partial charge in [0.15, 0.2) is 0 Å². The Balaban J connectivity index is 1.71. The molecule has 0 bridgehead atoms. The first kappa shape index (κ1) is 18.0. The van der Waals surface area contributed by atoms with Crippen LogP contribution in [0.2, 0.25) is 0 Å². The average molecular weight is 352 g/mol. The lowest BCUT2D eigenvalue weighted by molar-refractivity contribution is -0.117. The van der Waals surface area contributed by atoms with Gasteiger partial charge in [-0.05, 0) is 55.2 Å². The van der Waals surface area contributed by atoms with Crippen LogP contribution in [0, 0.1) is 13.8 Å². The van der Waals surface area contributed by atoms with Crippen molar-refractivity contribution in [2.75, 3.05) is 23.9 Å². The summed E-state index contributed by atoms with van der Waals surface area (Å²) in [5, 5.41) is 2.94. The van der Waals surface area contributed by atoms with Gasteiger partial charge in [0.1, 0.15) is 5.75 Å². The van der Waals surface area contributed by atoms with Gasteiger partial charge in [0.2, 0.25) is 11.8 Å². The summed E-state index contributed by atoms with van der Waals surface area (Å²) in [4.78, 5) is 26.2. The number of hydrogen-bond acceptors (Lipinski definition) is 3. The van der Waals surface area contributed by atoms with E-state index >= 15 is 0 Å². The van der Waals surface area contributed by atoms with Gasteiger partial charge in [0.25, 0.3) is 0 Å². The van der Waals surface area contributed by atoms with Crippen molar-refractivity contribution in [2.24, 2.45) is 0 Å². The highest BCUT2D eigenvalue weighted by Gasteiger charge is 2.23. The van der Waals surface area contributed by atoms with Gasteiger partial charge in [-0.1, -0.05) is 18.2 Å². The van der Waals surface area contributed by atoms with E-state index in [9.17, 15) is 9.59 Å². The first-order valence-corrected chi connectivity index (χ1v) is 8.82. The summed E-state index contributed by atoms with van der Waals surface area (Å²) in [7, 11) is 1.63. The maximum absolute atomic E-state index is 12.4. The molecule has 1 fully saturated rings. The van der Waals surface area contributed by atoms with Gasteiger partial charge in [-0.15, -0.1) is 0 Å². The van der Waals surface area contributed by atoms with Crippen LogP contribution in [0.25, 0.3) is 0 Å². The van der Waals surface area contributed by atoms with Crippen LogP contribution in [0.4, 0.5) is 11.4 Å². The quantitative estimate of drug-likeness (QED) is 0.894. The molecule has 0 aromatic heterocycles. The number of amides is 2. The standard InChI is InChI=1S/C21H24N2O3/c1-14-6-8-17(13-18(14)23-10-4-5-21(23)25)22-20(24)12-16-7-9-19(26-3)15(2)11-16/h6-9,11,13H,4-5,10,12H2,1-3H3,(H,22,24). The van der Waals surface area contributed by atoms with Gasteiger partial charge in [0.05, 0.1) is 13.5 Å². The first-order chi connectivity index (χ1) is 12.5. The number of aryl methyl sites for hydroxylation is 2. The second kappa shape index (κ2) is 7.60. The van der Waals surface area contributed by atoms with Crippen LogP contribution in [0.1, 0.15) is 29.5 Å². The highest BCUT2D eigenvalue weighted by molar-refractivity contribution is 5.98. The Hall–Kier alpha value is -2.82. The largest absolute Gasteiger partial charge is 0.496 e. The number of nitrogens with zero attached hydrogens (tertiary/aromatic N) is 1. The molecule has 1 N–H and O–H groups in total. The molecule has 1 saturated heterocycles. The Morgan fingerprint density at radius 3 is 2.62 bits per heavy atom. The Kier molecular flexibility index (Phi) is 5.26. The van der Waals surface area contributed by atoms with E-state index in [1.165, 1.54) is 0 Å². The summed E-state index contributed by atoms with van der Waals surface area (Å²) in [6, 6.07) is 11.4. The lowest BCUT2D eigenvalue weighted by Crippen LogP contribution is -2.24. The minimum Gasteiger partial charge on any atom is -0.496 e. The first-order valence-electron chi connectivity index (χ1n) is 8.82. The maximum atomic E-state index is 12.4. The number of benzene rings is 2. The molecule has 0 saturated carbocycles. The summed E-state index contributed by atoms with van der Waals surface area (Å²) in [5.74, 6) is 0.870. The third-order valence-corrected chi connectivity index (χ3v) is 4.68. The van der Waals surface area contributed by atoms with E-state index in [1.807, 2.05) is 50.2 Å². The Morgan fingerprint density at radius 1 is 1.15 bits per heavy atom. The zero-order valence-corrected chi connectivity index (χ0v) is 15.5. The van der Waals surface area contributed by atoms with E-state index in [0.29, 0.717) is 12.1 Å². The lowest BCUT2D eigenvalue weighted by atomic mass is 10.1. The summed E-state index contributed by atoms with van der Waals surface area (Å²) in [5.41, 5.74) is 4.56. The SMILES string of the molecule is COc1ccc(CC(=O)Nc2ccc(C)c(N3CCCC3=O)c2)cc1C. The molecule has 2 amide bonds. The van der Waals surface area contributed by atoms with Crippen LogP contribution in [0.3, 0.4) is 0 Å². The molecular formula is C21H24N2O3. The monoisotopic (exact) mass is 352 g/mol. The van der Waals surface area contributed by atoms with E-state index < -0.39 is 0 Å². The summed E-state index contributed by atoms with van der Waals surface area (Å²) in [6.45, 7) is 4.68. The van der Waals surface area contributed by atoms with Crippen LogP contribution in [0.5, 0.6) is 5.75 Å². The molecule has 5 nitrogen and oxygen atoms in total. The lowest BCUT2D eigenvalue weighted by Gasteiger charge is -2.19. The van der Waals surface area contributed by atoms with Crippen molar-refractivity contribution in [1.29, 1.82) is 0 Å². The molecule has 0 aliphatic carbocycles. The van der Waals surface area contributed by atoms with Crippen molar-refractivity contribution >= 4 is 23.2 Å². The van der Waals surface area contributed by atoms with Crippen LogP contribution < -0.4 is 15.0 Å². The van der Waals surface area contributed by atoms with Gasteiger partial charge in [-0.2, -0.15) is 0 Å². The summed E-state index contributed by atoms with van der Waals surface area (Å²) in [6.07, 6.45) is 1.76. The van der Waals surface area contributed by atoms with E-state index in [2.05, 4.69) is 5.32 Å². The molecule has 0 radical (unpaired) electrons. The Morgan fingerprint density at radius 2 is 1.96 bits per heavy atom. The third kappa shape index (κ3) is 3.87. The fourth-order valence-electron chi connectivity index (χ4n) is 3.32. The number of carbonyl (C=O) groups is 2. The number of rotatable bonds is 5. The molecule has 3 rings (SSSR count). The molecule has 0 unspecified atom stereocenters. The topological polar surface area (TPSA) is 58.6 Å². The highest BCUT2D eigenvalue weighted by atomic mass is 16.5. The van der Waals surface area contributed by atoms with Gasteiger partial charge >= 0.3 is 0 Å². The molecule has 2 aromatic rings. The van der Waals surface area contributed by atoms with Crippen molar-refractivity contribution < 1.29 is 14.3 Å². The van der Waals surface area contributed by atoms with Crippen molar-refractivity contribution in [3.05, 3.63) is 53.1 Å². The van der Waals surface area contributed by atoms with Gasteiger partial charge < -0.3 is 15.0 Å². The van der Waals surface area contributed by atoms with E-state index in [4.69, 9.17) is 4.74 Å². The fourth-order valence-corrected chi connectivity index (χ4v) is 3.32. The van der Waals surface area contributed by atoms with Crippen molar-refractivity contribution in [2.45, 2.75) is 33.1 Å². The predicted octanol–water partition coefficient (Wildman–Crippen LogP) is 3.62. The molecule has 5 heteroatoms. The minimum atomic E-state index is -0.0860. The van der Waals surface area contributed by atoms with E-state index in [0.717, 1.165) is 41.1 Å². The molecule has 1 aliphatic heterocycles. The van der Waals surface area contributed by atoms with Gasteiger partial charge in [0, 0.05) is 24.3 Å². The molecule has 0 atom stereocenters. The molecule has 26 heavy (non-hydrogen) atoms. The molecule has 2 aromatic carbocycles. The second-order valence-corrected chi connectivity index (χ2v) is 6.68. The number of hydrogen-bond donors (Lipinski definition) is 1. The summed E-state index contributed by atoms with van der Waals surface area (Å²) >= 11 is 0. The van der Waals surface area contributed by atoms with Crippen LogP contribution in [-0.4, -0.2) is 25.5 Å². The average Bonchev–Trinajstić information content (AvgIpc) is 3.02. The van der Waals surface area contributed by atoms with Crippen molar-refractivity contribution in [3.63, 3.8) is 0 Å². The number of ether oxygens (including phenoxy) is 1. The van der Waals surface area contributed by atoms with Crippen LogP contribution >= 0.6 is 0 Å². The molecule has 0 spiro atoms. The Bertz CT molecular complexity index is 845. The third-order valence-electron chi connectivity index (χ3n) is 4.68. The van der Waals surface area contributed by atoms with Gasteiger partial charge in [-0.25, -0.2) is 0 Å². The van der Waals surface area contributed by atoms with Crippen LogP contribution in [-0.2, 0) is 16.0 Å². The molecular weight excluding hydrogens is 328 g/mol. The van der Waals surface area contributed by atoms with Crippen molar-refractivity contribution in [1.82, 2.24) is 0 Å². The van der Waals surface area contributed by atoms with E-state index in [-0.39, 0.29) is 18.2 Å². The number of nitrogens with one attached hydrogen (secondary N) is 1. The van der Waals surface area contributed by atoms with E-state index in [1.54, 1.807) is 12.0 Å². The number of methoxy groups -OCH3 is 1. The number of carbonyl (C=O) groups excluding carboxylic acids is 2.